The Morgan fingerprint density at radius 1 is 1.30 bits per heavy atom. The van der Waals surface area contributed by atoms with E-state index < -0.39 is 27.7 Å². The Labute approximate surface area is 151 Å². The van der Waals surface area contributed by atoms with Gasteiger partial charge in [0.05, 0.1) is 47.1 Å². The van der Waals surface area contributed by atoms with Crippen LogP contribution in [0.5, 0.6) is 5.75 Å². The SMILES string of the molecule is COc1cc(C(=O)N=S2(=O)CCOCC2)ccc1-c1noc(C(F)(F)F)n1. The van der Waals surface area contributed by atoms with E-state index in [-0.39, 0.29) is 47.4 Å². The van der Waals surface area contributed by atoms with Crippen LogP contribution in [0.1, 0.15) is 16.2 Å². The maximum Gasteiger partial charge on any atom is 0.471 e. The molecule has 3 rings (SSSR count). The Morgan fingerprint density at radius 3 is 2.59 bits per heavy atom. The van der Waals surface area contributed by atoms with E-state index in [4.69, 9.17) is 9.47 Å². The van der Waals surface area contributed by atoms with Gasteiger partial charge >= 0.3 is 12.1 Å². The number of carbonyl (C=O) groups is 1. The summed E-state index contributed by atoms with van der Waals surface area (Å²) in [7, 11) is -1.42. The highest BCUT2D eigenvalue weighted by molar-refractivity contribution is 7.94. The maximum absolute atomic E-state index is 12.6. The van der Waals surface area contributed by atoms with Crippen molar-refractivity contribution in [3.05, 3.63) is 29.7 Å². The smallest absolute Gasteiger partial charge is 0.471 e. The molecule has 0 unspecified atom stereocenters. The molecule has 1 aliphatic rings. The Balaban J connectivity index is 1.93. The van der Waals surface area contributed by atoms with Crippen molar-refractivity contribution >= 4 is 15.6 Å². The van der Waals surface area contributed by atoms with Crippen LogP contribution >= 0.6 is 0 Å². The summed E-state index contributed by atoms with van der Waals surface area (Å²) in [5.74, 6) is -2.17. The van der Waals surface area contributed by atoms with Crippen LogP contribution in [-0.2, 0) is 20.6 Å². The molecule has 0 radical (unpaired) electrons. The minimum absolute atomic E-state index is 0.0486. The zero-order valence-corrected chi connectivity index (χ0v) is 14.8. The minimum atomic E-state index is -4.78. The van der Waals surface area contributed by atoms with Gasteiger partial charge in [-0.3, -0.25) is 4.79 Å². The fraction of sp³-hybridized carbons (Fsp3) is 0.400. The Bertz CT molecular complexity index is 967. The van der Waals surface area contributed by atoms with Crippen molar-refractivity contribution in [2.45, 2.75) is 6.18 Å². The van der Waals surface area contributed by atoms with Crippen LogP contribution in [0, 0.1) is 0 Å². The summed E-state index contributed by atoms with van der Waals surface area (Å²) in [5.41, 5.74) is 0.174. The molecule has 0 spiro atoms. The van der Waals surface area contributed by atoms with E-state index in [0.29, 0.717) is 0 Å². The second-order valence-electron chi connectivity index (χ2n) is 5.53. The van der Waals surface area contributed by atoms with Gasteiger partial charge in [-0.25, -0.2) is 4.21 Å². The van der Waals surface area contributed by atoms with Gasteiger partial charge in [0.1, 0.15) is 5.75 Å². The van der Waals surface area contributed by atoms with Crippen molar-refractivity contribution < 1.29 is 36.2 Å². The van der Waals surface area contributed by atoms with Crippen molar-refractivity contribution in [3.8, 4) is 17.1 Å². The number of aromatic nitrogens is 2. The van der Waals surface area contributed by atoms with E-state index in [1.807, 2.05) is 0 Å². The molecule has 146 valence electrons. The summed E-state index contributed by atoms with van der Waals surface area (Å²) in [6, 6.07) is 3.89. The van der Waals surface area contributed by atoms with Gasteiger partial charge in [0, 0.05) is 5.56 Å². The number of halogens is 3. The molecule has 0 atom stereocenters. The molecule has 1 amide bonds. The molecule has 1 aliphatic heterocycles. The van der Waals surface area contributed by atoms with Crippen molar-refractivity contribution in [1.29, 1.82) is 0 Å². The van der Waals surface area contributed by atoms with Gasteiger partial charge in [-0.05, 0) is 18.2 Å². The molecule has 1 fully saturated rings. The molecule has 0 aliphatic carbocycles. The summed E-state index contributed by atoms with van der Waals surface area (Å²) in [6.07, 6.45) is -4.78. The van der Waals surface area contributed by atoms with Crippen molar-refractivity contribution in [2.75, 3.05) is 31.8 Å². The number of methoxy groups -OCH3 is 1. The van der Waals surface area contributed by atoms with Gasteiger partial charge in [-0.1, -0.05) is 5.16 Å². The number of hydrogen-bond acceptors (Lipinski definition) is 7. The topological polar surface area (TPSA) is 104 Å². The highest BCUT2D eigenvalue weighted by Crippen LogP contribution is 2.33. The molecule has 2 heterocycles. The van der Waals surface area contributed by atoms with Gasteiger partial charge in [-0.2, -0.15) is 22.5 Å². The molecular formula is C15H14F3N3O5S. The zero-order valence-electron chi connectivity index (χ0n) is 14.0. The van der Waals surface area contributed by atoms with E-state index in [0.717, 1.165) is 0 Å². The number of nitrogens with zero attached hydrogens (tertiary/aromatic N) is 3. The predicted molar refractivity (Wildman–Crippen MR) is 86.7 cm³/mol. The minimum Gasteiger partial charge on any atom is -0.496 e. The Hall–Kier alpha value is -2.47. The van der Waals surface area contributed by atoms with Crippen LogP contribution in [0.15, 0.2) is 27.1 Å². The van der Waals surface area contributed by atoms with Crippen LogP contribution < -0.4 is 4.74 Å². The molecule has 0 N–H and O–H groups in total. The van der Waals surface area contributed by atoms with Crippen molar-refractivity contribution in [1.82, 2.24) is 10.1 Å². The first kappa shape index (κ1) is 19.3. The number of ether oxygens (including phenoxy) is 2. The molecular weight excluding hydrogens is 391 g/mol. The lowest BCUT2D eigenvalue weighted by molar-refractivity contribution is -0.159. The van der Waals surface area contributed by atoms with E-state index in [2.05, 4.69) is 19.0 Å². The summed E-state index contributed by atoms with van der Waals surface area (Å²) in [6.45, 7) is 0.522. The van der Waals surface area contributed by atoms with E-state index >= 15 is 0 Å². The van der Waals surface area contributed by atoms with Crippen LogP contribution in [0.3, 0.4) is 0 Å². The average Bonchev–Trinajstić information content (AvgIpc) is 3.11. The first-order valence-electron chi connectivity index (χ1n) is 7.66. The van der Waals surface area contributed by atoms with Crippen molar-refractivity contribution in [2.24, 2.45) is 4.36 Å². The first-order valence-corrected chi connectivity index (χ1v) is 9.51. The lowest BCUT2D eigenvalue weighted by Gasteiger charge is -2.15. The maximum atomic E-state index is 12.6. The highest BCUT2D eigenvalue weighted by Gasteiger charge is 2.38. The molecule has 1 aromatic carbocycles. The molecule has 27 heavy (non-hydrogen) atoms. The fourth-order valence-corrected chi connectivity index (χ4v) is 3.89. The molecule has 8 nitrogen and oxygen atoms in total. The molecule has 0 bridgehead atoms. The van der Waals surface area contributed by atoms with Gasteiger partial charge in [0.25, 0.3) is 5.91 Å². The lowest BCUT2D eigenvalue weighted by atomic mass is 10.1. The first-order chi connectivity index (χ1) is 12.7. The summed E-state index contributed by atoms with van der Waals surface area (Å²) < 4.78 is 68.5. The summed E-state index contributed by atoms with van der Waals surface area (Å²) in [5, 5.41) is 3.29. The molecule has 1 saturated heterocycles. The van der Waals surface area contributed by atoms with Crippen LogP contribution in [-0.4, -0.2) is 52.1 Å². The number of alkyl halides is 3. The Kier molecular flexibility index (Phi) is 5.20. The largest absolute Gasteiger partial charge is 0.496 e. The molecule has 12 heteroatoms. The summed E-state index contributed by atoms with van der Waals surface area (Å²) in [4.78, 5) is 15.6. The zero-order chi connectivity index (χ0) is 19.7. The van der Waals surface area contributed by atoms with E-state index in [9.17, 15) is 22.2 Å². The number of hydrogen-bond donors (Lipinski definition) is 0. The third-order valence-corrected chi connectivity index (χ3v) is 5.81. The number of rotatable bonds is 3. The standard InChI is InChI=1S/C15H14F3N3O5S/c1-24-11-8-9(13(22)21-27(23)6-4-25-5-7-27)2-3-10(11)12-19-14(26-20-12)15(16,17)18/h2-3,8H,4-7H2,1H3. The average molecular weight is 405 g/mol. The predicted octanol–water partition coefficient (Wildman–Crippen LogP) is 2.40. The number of carbonyl (C=O) groups excluding carboxylic acids is 1. The fourth-order valence-electron chi connectivity index (χ4n) is 2.33. The molecule has 2 aromatic rings. The van der Waals surface area contributed by atoms with Crippen molar-refractivity contribution in [3.63, 3.8) is 0 Å². The molecule has 1 aromatic heterocycles. The number of amides is 1. The quantitative estimate of drug-likeness (QED) is 0.772. The lowest BCUT2D eigenvalue weighted by Crippen LogP contribution is -2.26. The summed E-state index contributed by atoms with van der Waals surface area (Å²) >= 11 is 0. The van der Waals surface area contributed by atoms with Gasteiger partial charge in [-0.15, -0.1) is 0 Å². The second-order valence-corrected chi connectivity index (χ2v) is 8.07. The van der Waals surface area contributed by atoms with Crippen LogP contribution in [0.2, 0.25) is 0 Å². The third-order valence-electron chi connectivity index (χ3n) is 3.70. The van der Waals surface area contributed by atoms with Gasteiger partial charge in [0.15, 0.2) is 0 Å². The monoisotopic (exact) mass is 405 g/mol. The molecule has 0 saturated carbocycles. The van der Waals surface area contributed by atoms with Crippen LogP contribution in [0.25, 0.3) is 11.4 Å². The highest BCUT2D eigenvalue weighted by atomic mass is 32.2. The third kappa shape index (κ3) is 4.27. The Morgan fingerprint density at radius 2 is 2.00 bits per heavy atom. The second kappa shape index (κ2) is 7.27. The number of benzene rings is 1. The normalized spacial score (nSPS) is 16.7. The van der Waals surface area contributed by atoms with Gasteiger partial charge < -0.3 is 14.0 Å². The van der Waals surface area contributed by atoms with E-state index in [1.165, 1.54) is 25.3 Å². The van der Waals surface area contributed by atoms with Gasteiger partial charge in [0.2, 0.25) is 5.82 Å². The van der Waals surface area contributed by atoms with E-state index in [1.54, 1.807) is 0 Å². The van der Waals surface area contributed by atoms with Crippen LogP contribution in [0.4, 0.5) is 13.2 Å².